The molecule has 0 aromatic carbocycles. The minimum atomic E-state index is -0.338. The number of hydrogen-bond donors (Lipinski definition) is 0. The molecular weight excluding hydrogens is 144 g/mol. The predicted octanol–water partition coefficient (Wildman–Crippen LogP) is 1.75. The molecule has 0 rings (SSSR count). The maximum absolute atomic E-state index is 5.53. The Morgan fingerprint density at radius 3 is 2.62 bits per heavy atom. The first kappa shape index (κ1) is 7.92. The average Bonchev–Trinajstić information content (AvgIpc) is 1.84. The van der Waals surface area contributed by atoms with Crippen LogP contribution < -0.4 is 0 Å². The number of methoxy groups -OCH3 is 1. The minimum absolute atomic E-state index is 0.338. The van der Waals surface area contributed by atoms with Crippen LogP contribution in [0.3, 0.4) is 0 Å². The van der Waals surface area contributed by atoms with Crippen molar-refractivity contribution in [3.63, 3.8) is 0 Å². The molecule has 3 heteroatoms. The van der Waals surface area contributed by atoms with Crippen LogP contribution in [0.2, 0.25) is 0 Å². The molecule has 0 saturated heterocycles. The van der Waals surface area contributed by atoms with Gasteiger partial charge in [0.2, 0.25) is 0 Å². The van der Waals surface area contributed by atoms with Crippen LogP contribution in [0, 0.1) is 0 Å². The van der Waals surface area contributed by atoms with Gasteiger partial charge in [-0.05, 0) is 12.2 Å². The molecule has 0 aliphatic carbocycles. The summed E-state index contributed by atoms with van der Waals surface area (Å²) in [4.78, 5) is 0. The first-order valence-corrected chi connectivity index (χ1v) is 2.91. The van der Waals surface area contributed by atoms with Crippen molar-refractivity contribution in [3.05, 3.63) is 12.7 Å². The summed E-state index contributed by atoms with van der Waals surface area (Å²) in [6.45, 7) is 3.43. The molecule has 1 nitrogen and oxygen atoms in total. The number of alkyl halides is 1. The molecule has 1 atom stereocenters. The fraction of sp³-hybridized carbons (Fsp3) is 0.400. The molecule has 0 bridgehead atoms. The van der Waals surface area contributed by atoms with E-state index < -0.39 is 0 Å². The van der Waals surface area contributed by atoms with Gasteiger partial charge in [-0.25, -0.2) is 0 Å². The maximum atomic E-state index is 5.53. The summed E-state index contributed by atoms with van der Waals surface area (Å²) in [5.41, 5.74) is 0. The zero-order valence-corrected chi connectivity index (χ0v) is 6.13. The van der Waals surface area contributed by atoms with Crippen LogP contribution in [0.15, 0.2) is 12.7 Å². The van der Waals surface area contributed by atoms with Crippen LogP contribution in [0.4, 0.5) is 0 Å². The summed E-state index contributed by atoms with van der Waals surface area (Å²) >= 11 is 10.2. The lowest BCUT2D eigenvalue weighted by atomic mass is 10.4. The number of ether oxygens (including phenoxy) is 1. The summed E-state index contributed by atoms with van der Waals surface area (Å²) in [6.07, 6.45) is 1.52. The molecular formula is C5H7ClOS. The molecule has 0 spiro atoms. The lowest BCUT2D eigenvalue weighted by molar-refractivity contribution is 0.407. The van der Waals surface area contributed by atoms with Gasteiger partial charge < -0.3 is 4.74 Å². The van der Waals surface area contributed by atoms with Crippen LogP contribution in [0.5, 0.6) is 0 Å². The lowest BCUT2D eigenvalue weighted by Gasteiger charge is -2.01. The molecule has 46 valence electrons. The smallest absolute Gasteiger partial charge is 0.181 e. The summed E-state index contributed by atoms with van der Waals surface area (Å²) in [5, 5.41) is 0.0247. The summed E-state index contributed by atoms with van der Waals surface area (Å²) in [6, 6.07) is 0. The number of rotatable bonds is 2. The van der Waals surface area contributed by atoms with E-state index in [0.29, 0.717) is 5.05 Å². The molecule has 0 amide bonds. The van der Waals surface area contributed by atoms with Gasteiger partial charge in [0.05, 0.1) is 7.11 Å². The topological polar surface area (TPSA) is 9.23 Å². The molecule has 0 heterocycles. The summed E-state index contributed by atoms with van der Waals surface area (Å²) in [5.74, 6) is 0. The number of thiocarbonyl (C=S) groups is 1. The maximum Gasteiger partial charge on any atom is 0.181 e. The fourth-order valence-electron chi connectivity index (χ4n) is 0.209. The van der Waals surface area contributed by atoms with Gasteiger partial charge in [0, 0.05) is 0 Å². The quantitative estimate of drug-likeness (QED) is 0.337. The highest BCUT2D eigenvalue weighted by molar-refractivity contribution is 7.80. The van der Waals surface area contributed by atoms with Crippen LogP contribution in [0.25, 0.3) is 0 Å². The SMILES string of the molecule is C=CC(Cl)C(=S)OC. The van der Waals surface area contributed by atoms with E-state index in [1.807, 2.05) is 0 Å². The summed E-state index contributed by atoms with van der Waals surface area (Å²) in [7, 11) is 1.49. The second-order valence-electron chi connectivity index (χ2n) is 1.16. The Morgan fingerprint density at radius 1 is 2.00 bits per heavy atom. The van der Waals surface area contributed by atoms with Crippen LogP contribution in [0.1, 0.15) is 0 Å². The second-order valence-corrected chi connectivity index (χ2v) is 2.03. The van der Waals surface area contributed by atoms with Crippen molar-refractivity contribution in [2.75, 3.05) is 7.11 Å². The zero-order chi connectivity index (χ0) is 6.57. The standard InChI is InChI=1S/C5H7ClOS/c1-3-4(6)5(8)7-2/h3-4H,1H2,2H3. The van der Waals surface area contributed by atoms with Gasteiger partial charge in [0.25, 0.3) is 0 Å². The van der Waals surface area contributed by atoms with Gasteiger partial charge in [0.15, 0.2) is 5.05 Å². The molecule has 0 saturated carbocycles. The third-order valence-electron chi connectivity index (χ3n) is 0.633. The van der Waals surface area contributed by atoms with Gasteiger partial charge in [-0.2, -0.15) is 0 Å². The van der Waals surface area contributed by atoms with Gasteiger partial charge in [-0.3, -0.25) is 0 Å². The van der Waals surface area contributed by atoms with Crippen LogP contribution >= 0.6 is 23.8 Å². The largest absolute Gasteiger partial charge is 0.488 e. The van der Waals surface area contributed by atoms with E-state index in [2.05, 4.69) is 23.5 Å². The molecule has 0 aliphatic rings. The predicted molar refractivity (Wildman–Crippen MR) is 39.4 cm³/mol. The summed E-state index contributed by atoms with van der Waals surface area (Å²) < 4.78 is 4.63. The molecule has 0 aliphatic heterocycles. The minimum Gasteiger partial charge on any atom is -0.488 e. The third kappa shape index (κ3) is 2.28. The zero-order valence-electron chi connectivity index (χ0n) is 4.56. The highest BCUT2D eigenvalue weighted by atomic mass is 35.5. The van der Waals surface area contributed by atoms with E-state index in [1.54, 1.807) is 0 Å². The number of halogens is 1. The van der Waals surface area contributed by atoms with E-state index in [-0.39, 0.29) is 5.38 Å². The van der Waals surface area contributed by atoms with Gasteiger partial charge in [0.1, 0.15) is 5.38 Å². The first-order chi connectivity index (χ1) is 3.72. The molecule has 8 heavy (non-hydrogen) atoms. The van der Waals surface area contributed by atoms with Gasteiger partial charge >= 0.3 is 0 Å². The average molecular weight is 151 g/mol. The Labute approximate surface area is 59.3 Å². The Kier molecular flexibility index (Phi) is 3.83. The van der Waals surface area contributed by atoms with Crippen molar-refractivity contribution in [2.24, 2.45) is 0 Å². The molecule has 0 aromatic rings. The van der Waals surface area contributed by atoms with Crippen molar-refractivity contribution < 1.29 is 4.74 Å². The third-order valence-corrected chi connectivity index (χ3v) is 1.56. The van der Waals surface area contributed by atoms with Crippen molar-refractivity contribution in [3.8, 4) is 0 Å². The highest BCUT2D eigenvalue weighted by Gasteiger charge is 2.03. The molecule has 0 N–H and O–H groups in total. The van der Waals surface area contributed by atoms with Crippen molar-refractivity contribution in [1.29, 1.82) is 0 Å². The number of hydrogen-bond acceptors (Lipinski definition) is 2. The molecule has 0 fully saturated rings. The van der Waals surface area contributed by atoms with Crippen LogP contribution in [-0.4, -0.2) is 17.5 Å². The van der Waals surface area contributed by atoms with E-state index >= 15 is 0 Å². The Hall–Kier alpha value is -0.0800. The monoisotopic (exact) mass is 150 g/mol. The lowest BCUT2D eigenvalue weighted by Crippen LogP contribution is -2.09. The molecule has 1 unspecified atom stereocenters. The van der Waals surface area contributed by atoms with E-state index in [4.69, 9.17) is 11.6 Å². The Balaban J connectivity index is 3.62. The van der Waals surface area contributed by atoms with Gasteiger partial charge in [-0.15, -0.1) is 18.2 Å². The molecule has 0 aromatic heterocycles. The molecule has 0 radical (unpaired) electrons. The van der Waals surface area contributed by atoms with Crippen molar-refractivity contribution in [1.82, 2.24) is 0 Å². The Bertz CT molecular complexity index is 103. The normalized spacial score (nSPS) is 12.2. The van der Waals surface area contributed by atoms with Crippen LogP contribution in [-0.2, 0) is 4.74 Å². The Morgan fingerprint density at radius 2 is 2.50 bits per heavy atom. The second kappa shape index (κ2) is 3.87. The first-order valence-electron chi connectivity index (χ1n) is 2.06. The van der Waals surface area contributed by atoms with E-state index in [0.717, 1.165) is 0 Å². The highest BCUT2D eigenvalue weighted by Crippen LogP contribution is 1.99. The van der Waals surface area contributed by atoms with Crippen molar-refractivity contribution >= 4 is 28.9 Å². The van der Waals surface area contributed by atoms with E-state index in [9.17, 15) is 0 Å². The van der Waals surface area contributed by atoms with Crippen molar-refractivity contribution in [2.45, 2.75) is 5.38 Å². The van der Waals surface area contributed by atoms with E-state index in [1.165, 1.54) is 13.2 Å². The van der Waals surface area contributed by atoms with Gasteiger partial charge in [-0.1, -0.05) is 6.08 Å². The fourth-order valence-corrected chi connectivity index (χ4v) is 0.394.